The molecular weight excluding hydrogens is 358 g/mol. The molecule has 0 saturated carbocycles. The van der Waals surface area contributed by atoms with E-state index >= 15 is 0 Å². The van der Waals surface area contributed by atoms with Gasteiger partial charge in [0, 0.05) is 18.3 Å². The van der Waals surface area contributed by atoms with E-state index in [1.54, 1.807) is 68.3 Å². The molecule has 1 aromatic rings. The number of carbonyl (C=O) groups is 2. The van der Waals surface area contributed by atoms with E-state index < -0.39 is 29.7 Å². The van der Waals surface area contributed by atoms with E-state index in [9.17, 15) is 9.59 Å². The van der Waals surface area contributed by atoms with Crippen molar-refractivity contribution in [2.24, 2.45) is 5.73 Å². The van der Waals surface area contributed by atoms with E-state index in [-0.39, 0.29) is 0 Å². The van der Waals surface area contributed by atoms with Crippen molar-refractivity contribution in [1.82, 2.24) is 10.3 Å². The number of ether oxygens (including phenoxy) is 1. The van der Waals surface area contributed by atoms with E-state index in [1.807, 2.05) is 0 Å². The van der Waals surface area contributed by atoms with Crippen LogP contribution in [0.3, 0.4) is 0 Å². The highest BCUT2D eigenvalue weighted by atomic mass is 35.5. The summed E-state index contributed by atoms with van der Waals surface area (Å²) in [5.74, 6) is -0.696. The number of primary amides is 1. The van der Waals surface area contributed by atoms with Crippen LogP contribution < -0.4 is 21.8 Å². The van der Waals surface area contributed by atoms with Crippen LogP contribution in [-0.4, -0.2) is 41.7 Å². The molecule has 8 nitrogen and oxygen atoms in total. The number of hydrogen-bond donors (Lipinski definition) is 3. The van der Waals surface area contributed by atoms with Gasteiger partial charge in [0.15, 0.2) is 0 Å². The smallest absolute Gasteiger partial charge is 0.408 e. The van der Waals surface area contributed by atoms with Crippen LogP contribution in [0.1, 0.15) is 20.8 Å². The summed E-state index contributed by atoms with van der Waals surface area (Å²) >= 11 is 5.96. The molecule has 2 unspecified atom stereocenters. The summed E-state index contributed by atoms with van der Waals surface area (Å²) in [7, 11) is 1.79. The van der Waals surface area contributed by atoms with Crippen molar-refractivity contribution in [2.45, 2.75) is 38.5 Å². The molecule has 26 heavy (non-hydrogen) atoms. The molecule has 2 rings (SSSR count). The monoisotopic (exact) mass is 381 g/mol. The van der Waals surface area contributed by atoms with Crippen molar-refractivity contribution < 1.29 is 14.3 Å². The lowest BCUT2D eigenvalue weighted by molar-refractivity contribution is -0.120. The fraction of sp³-hybridized carbons (Fsp3) is 0.412. The average molecular weight is 382 g/mol. The summed E-state index contributed by atoms with van der Waals surface area (Å²) in [5, 5.41) is 6.54. The van der Waals surface area contributed by atoms with Crippen molar-refractivity contribution in [2.75, 3.05) is 17.8 Å². The average Bonchev–Trinajstić information content (AvgIpc) is 2.84. The first-order valence-electron chi connectivity index (χ1n) is 8.04. The maximum Gasteiger partial charge on any atom is 0.408 e. The summed E-state index contributed by atoms with van der Waals surface area (Å²) < 4.78 is 5.23. The summed E-state index contributed by atoms with van der Waals surface area (Å²) in [6, 6.07) is 3.44. The predicted octanol–water partition coefficient (Wildman–Crippen LogP) is 1.85. The molecular formula is C17H24ClN5O3. The predicted molar refractivity (Wildman–Crippen MR) is 101 cm³/mol. The van der Waals surface area contributed by atoms with Gasteiger partial charge in [-0.05, 0) is 45.0 Å². The van der Waals surface area contributed by atoms with Crippen molar-refractivity contribution in [3.05, 3.63) is 35.5 Å². The number of nitrogen functional groups attached to an aromatic ring is 1. The van der Waals surface area contributed by atoms with Gasteiger partial charge in [0.05, 0.1) is 17.4 Å². The Morgan fingerprint density at radius 2 is 2.00 bits per heavy atom. The molecule has 2 amide bonds. The molecule has 5 N–H and O–H groups in total. The number of rotatable bonds is 4. The Morgan fingerprint density at radius 3 is 2.54 bits per heavy atom. The third-order valence-electron chi connectivity index (χ3n) is 3.68. The van der Waals surface area contributed by atoms with Crippen LogP contribution in [0.15, 0.2) is 30.5 Å². The molecule has 0 radical (unpaired) electrons. The third-order valence-corrected chi connectivity index (χ3v) is 3.91. The largest absolute Gasteiger partial charge is 0.444 e. The molecule has 1 heterocycles. The Bertz CT molecular complexity index is 732. The second kappa shape index (κ2) is 7.33. The molecule has 1 aliphatic rings. The van der Waals surface area contributed by atoms with E-state index in [1.165, 1.54) is 0 Å². The van der Waals surface area contributed by atoms with Crippen molar-refractivity contribution in [3.63, 3.8) is 0 Å². The molecule has 0 fully saturated rings. The number of halogens is 1. The normalized spacial score (nSPS) is 18.0. The fourth-order valence-electron chi connectivity index (χ4n) is 2.65. The maximum absolute atomic E-state index is 12.1. The quantitative estimate of drug-likeness (QED) is 0.686. The first-order valence-corrected chi connectivity index (χ1v) is 8.41. The Labute approximate surface area is 157 Å². The lowest BCUT2D eigenvalue weighted by atomic mass is 10.1. The first kappa shape index (κ1) is 19.7. The number of nitrogens with zero attached hydrogens (tertiary/aromatic N) is 2. The number of nitrogens with one attached hydrogen (secondary N) is 1. The number of benzene rings is 1. The minimum absolute atomic E-state index is 0.429. The van der Waals surface area contributed by atoms with Crippen molar-refractivity contribution in [3.8, 4) is 0 Å². The highest BCUT2D eigenvalue weighted by Gasteiger charge is 2.37. The summed E-state index contributed by atoms with van der Waals surface area (Å²) in [6.07, 6.45) is 2.78. The van der Waals surface area contributed by atoms with Crippen LogP contribution in [0.2, 0.25) is 5.02 Å². The molecule has 142 valence electrons. The minimum Gasteiger partial charge on any atom is -0.444 e. The standard InChI is InChI=1S/C17H24ClN5O3/c1-17(2,3)26-16(25)21-14(15(20)24)13-7-8-22(4)23(13)12-6-5-10(18)9-11(12)19/h5-9,13-14H,19H2,1-4H3,(H2,20,24)(H,21,25). The highest BCUT2D eigenvalue weighted by Crippen LogP contribution is 2.32. The van der Waals surface area contributed by atoms with Gasteiger partial charge in [0.1, 0.15) is 11.6 Å². The van der Waals surface area contributed by atoms with E-state index in [0.717, 1.165) is 0 Å². The lowest BCUT2D eigenvalue weighted by Crippen LogP contribution is -2.58. The second-order valence-corrected chi connectivity index (χ2v) is 7.42. The number of amides is 2. The van der Waals surface area contributed by atoms with Crippen LogP contribution in [0.4, 0.5) is 16.2 Å². The van der Waals surface area contributed by atoms with E-state index in [2.05, 4.69) is 5.32 Å². The van der Waals surface area contributed by atoms with Crippen LogP contribution >= 0.6 is 11.6 Å². The van der Waals surface area contributed by atoms with Gasteiger partial charge in [-0.15, -0.1) is 0 Å². The van der Waals surface area contributed by atoms with Crippen LogP contribution in [0.25, 0.3) is 0 Å². The van der Waals surface area contributed by atoms with Gasteiger partial charge >= 0.3 is 6.09 Å². The Balaban J connectivity index is 2.30. The summed E-state index contributed by atoms with van der Waals surface area (Å²) in [4.78, 5) is 24.2. The zero-order chi connectivity index (χ0) is 19.6. The molecule has 2 atom stereocenters. The van der Waals surface area contributed by atoms with Gasteiger partial charge in [-0.25, -0.2) is 4.79 Å². The van der Waals surface area contributed by atoms with Gasteiger partial charge in [-0.3, -0.25) is 14.8 Å². The fourth-order valence-corrected chi connectivity index (χ4v) is 2.83. The highest BCUT2D eigenvalue weighted by molar-refractivity contribution is 6.31. The van der Waals surface area contributed by atoms with Crippen molar-refractivity contribution in [1.29, 1.82) is 0 Å². The zero-order valence-corrected chi connectivity index (χ0v) is 15.9. The molecule has 0 saturated heterocycles. The minimum atomic E-state index is -1.03. The Morgan fingerprint density at radius 1 is 1.35 bits per heavy atom. The van der Waals surface area contributed by atoms with Gasteiger partial charge in [-0.1, -0.05) is 11.6 Å². The number of hydrazine groups is 1. The first-order chi connectivity index (χ1) is 12.0. The molecule has 0 bridgehead atoms. The molecule has 0 aliphatic carbocycles. The number of alkyl carbamates (subject to hydrolysis) is 1. The second-order valence-electron chi connectivity index (χ2n) is 6.98. The summed E-state index contributed by atoms with van der Waals surface area (Å²) in [5.41, 5.74) is 12.0. The molecule has 0 spiro atoms. The van der Waals surface area contributed by atoms with Gasteiger partial charge < -0.3 is 21.5 Å². The topological polar surface area (TPSA) is 114 Å². The Kier molecular flexibility index (Phi) is 5.56. The number of nitrogens with two attached hydrogens (primary N) is 2. The van der Waals surface area contributed by atoms with E-state index in [0.29, 0.717) is 16.4 Å². The zero-order valence-electron chi connectivity index (χ0n) is 15.2. The lowest BCUT2D eigenvalue weighted by Gasteiger charge is -2.37. The van der Waals surface area contributed by atoms with E-state index in [4.69, 9.17) is 27.8 Å². The van der Waals surface area contributed by atoms with Gasteiger partial charge in [-0.2, -0.15) is 0 Å². The number of carbonyl (C=O) groups excluding carboxylic acids is 2. The maximum atomic E-state index is 12.1. The van der Waals surface area contributed by atoms with Gasteiger partial charge in [0.25, 0.3) is 0 Å². The molecule has 0 aromatic heterocycles. The third kappa shape index (κ3) is 4.51. The summed E-state index contributed by atoms with van der Waals surface area (Å²) in [6.45, 7) is 5.20. The van der Waals surface area contributed by atoms with Gasteiger partial charge in [0.2, 0.25) is 5.91 Å². The molecule has 9 heteroatoms. The van der Waals surface area contributed by atoms with Crippen molar-refractivity contribution >= 4 is 35.0 Å². The molecule has 1 aromatic carbocycles. The Hall–Kier alpha value is -2.61. The number of hydrogen-bond acceptors (Lipinski definition) is 6. The SMILES string of the molecule is CN1C=CC(C(NC(=O)OC(C)(C)C)C(N)=O)N1c1ccc(Cl)cc1N. The van der Waals surface area contributed by atoms with Crippen LogP contribution in [0.5, 0.6) is 0 Å². The van der Waals surface area contributed by atoms with Crippen LogP contribution in [0, 0.1) is 0 Å². The molecule has 1 aliphatic heterocycles. The van der Waals surface area contributed by atoms with Crippen LogP contribution in [-0.2, 0) is 9.53 Å². The number of anilines is 2.